The zero-order valence-electron chi connectivity index (χ0n) is 19.7. The lowest BCUT2D eigenvalue weighted by Crippen LogP contribution is -2.30. The maximum atomic E-state index is 13.0. The minimum atomic E-state index is -0.937. The van der Waals surface area contributed by atoms with Crippen LogP contribution in [0.3, 0.4) is 0 Å². The molecular weight excluding hydrogens is 490 g/mol. The molecule has 1 N–H and O–H groups in total. The van der Waals surface area contributed by atoms with E-state index in [4.69, 9.17) is 36.3 Å². The molecule has 1 aliphatic heterocycles. The highest BCUT2D eigenvalue weighted by atomic mass is 32.2. The molecule has 1 amide bonds. The van der Waals surface area contributed by atoms with E-state index in [-0.39, 0.29) is 18.9 Å². The fourth-order valence-electron chi connectivity index (χ4n) is 3.37. The van der Waals surface area contributed by atoms with Crippen LogP contribution in [0.15, 0.2) is 41.3 Å². The molecule has 0 aromatic heterocycles. The van der Waals surface area contributed by atoms with Crippen LogP contribution in [0.25, 0.3) is 6.08 Å². The maximum Gasteiger partial charge on any atom is 0.306 e. The molecular formula is C25H27NO7S2. The Morgan fingerprint density at radius 2 is 1.80 bits per heavy atom. The summed E-state index contributed by atoms with van der Waals surface area (Å²) in [5, 5.41) is 8.80. The van der Waals surface area contributed by atoms with Gasteiger partial charge in [0.2, 0.25) is 0 Å². The quantitative estimate of drug-likeness (QED) is 0.325. The van der Waals surface area contributed by atoms with Crippen LogP contribution in [0, 0.1) is 0 Å². The number of thiocarbonyl (C=S) groups is 1. The van der Waals surface area contributed by atoms with Gasteiger partial charge in [-0.25, -0.2) is 0 Å². The first-order valence-electron chi connectivity index (χ1n) is 10.9. The van der Waals surface area contributed by atoms with Gasteiger partial charge in [-0.2, -0.15) is 0 Å². The molecule has 8 nitrogen and oxygen atoms in total. The number of benzene rings is 2. The number of carboxylic acids is 1. The Bertz CT molecular complexity index is 1130. The summed E-state index contributed by atoms with van der Waals surface area (Å²) in [5.74, 6) is 1.13. The number of thioether (sulfide) groups is 1. The molecule has 35 heavy (non-hydrogen) atoms. The van der Waals surface area contributed by atoms with E-state index in [1.807, 2.05) is 25.1 Å². The second-order valence-electron chi connectivity index (χ2n) is 7.40. The van der Waals surface area contributed by atoms with Crippen molar-refractivity contribution in [3.8, 4) is 23.0 Å². The van der Waals surface area contributed by atoms with Gasteiger partial charge in [-0.05, 0) is 54.8 Å². The molecule has 1 fully saturated rings. The number of hydrogen-bond acceptors (Lipinski definition) is 8. The van der Waals surface area contributed by atoms with E-state index in [9.17, 15) is 9.59 Å². The molecule has 0 radical (unpaired) electrons. The standard InChI is InChI=1S/C25H27NO7S2/c1-4-32-21-14-17(6-8-19(21)33-12-10-23(27)28)15-22-24(29)26(25(34)35-22)11-9-16-5-7-18(30-2)20(13-16)31-3/h5-8,13-15H,4,9-12H2,1-3H3,(H,27,28)/b22-15+. The van der Waals surface area contributed by atoms with Gasteiger partial charge in [0.25, 0.3) is 5.91 Å². The number of carboxylic acid groups (broad SMARTS) is 1. The van der Waals surface area contributed by atoms with Gasteiger partial charge in [-0.1, -0.05) is 36.1 Å². The van der Waals surface area contributed by atoms with E-state index in [2.05, 4.69) is 0 Å². The average molecular weight is 518 g/mol. The largest absolute Gasteiger partial charge is 0.493 e. The predicted molar refractivity (Wildman–Crippen MR) is 138 cm³/mol. The normalized spacial score (nSPS) is 14.4. The van der Waals surface area contributed by atoms with Crippen LogP contribution >= 0.6 is 24.0 Å². The summed E-state index contributed by atoms with van der Waals surface area (Å²) >= 11 is 6.71. The number of carbonyl (C=O) groups excluding carboxylic acids is 1. The number of aliphatic carboxylic acids is 1. The van der Waals surface area contributed by atoms with E-state index < -0.39 is 5.97 Å². The lowest BCUT2D eigenvalue weighted by Gasteiger charge is -2.15. The van der Waals surface area contributed by atoms with Crippen molar-refractivity contribution < 1.29 is 33.6 Å². The molecule has 1 saturated heterocycles. The number of ether oxygens (including phenoxy) is 4. The summed E-state index contributed by atoms with van der Waals surface area (Å²) in [4.78, 5) is 25.9. The predicted octanol–water partition coefficient (Wildman–Crippen LogP) is 4.40. The fraction of sp³-hybridized carbons (Fsp3) is 0.320. The van der Waals surface area contributed by atoms with Gasteiger partial charge in [0.05, 0.1) is 38.8 Å². The van der Waals surface area contributed by atoms with E-state index in [1.54, 1.807) is 43.4 Å². The van der Waals surface area contributed by atoms with Crippen molar-refractivity contribution in [3.05, 3.63) is 52.4 Å². The number of hydrogen-bond donors (Lipinski definition) is 1. The van der Waals surface area contributed by atoms with Gasteiger partial charge in [0, 0.05) is 6.54 Å². The highest BCUT2D eigenvalue weighted by molar-refractivity contribution is 8.26. The molecule has 10 heteroatoms. The molecule has 186 valence electrons. The summed E-state index contributed by atoms with van der Waals surface area (Å²) < 4.78 is 22.3. The van der Waals surface area contributed by atoms with Gasteiger partial charge in [-0.3, -0.25) is 14.5 Å². The van der Waals surface area contributed by atoms with E-state index in [1.165, 1.54) is 11.8 Å². The topological polar surface area (TPSA) is 94.5 Å². The molecule has 0 atom stereocenters. The third kappa shape index (κ3) is 6.89. The lowest BCUT2D eigenvalue weighted by molar-refractivity contribution is -0.137. The van der Waals surface area contributed by atoms with Crippen LogP contribution in [-0.4, -0.2) is 60.2 Å². The van der Waals surface area contributed by atoms with Crippen molar-refractivity contribution in [1.82, 2.24) is 4.90 Å². The van der Waals surface area contributed by atoms with Gasteiger partial charge in [0.1, 0.15) is 4.32 Å². The molecule has 1 aliphatic rings. The maximum absolute atomic E-state index is 13.0. The number of methoxy groups -OCH3 is 2. The third-order valence-corrected chi connectivity index (χ3v) is 6.46. The highest BCUT2D eigenvalue weighted by Gasteiger charge is 2.31. The molecule has 0 saturated carbocycles. The lowest BCUT2D eigenvalue weighted by atomic mass is 10.1. The first kappa shape index (κ1) is 26.4. The monoisotopic (exact) mass is 517 g/mol. The van der Waals surface area contributed by atoms with Crippen molar-refractivity contribution in [2.75, 3.05) is 34.0 Å². The Hall–Kier alpha value is -3.24. The Morgan fingerprint density at radius 3 is 2.49 bits per heavy atom. The van der Waals surface area contributed by atoms with Crippen molar-refractivity contribution in [2.24, 2.45) is 0 Å². The Balaban J connectivity index is 1.70. The second-order valence-corrected chi connectivity index (χ2v) is 9.08. The molecule has 2 aromatic carbocycles. The number of nitrogens with zero attached hydrogens (tertiary/aromatic N) is 1. The van der Waals surface area contributed by atoms with Gasteiger partial charge >= 0.3 is 5.97 Å². The summed E-state index contributed by atoms with van der Waals surface area (Å²) in [7, 11) is 3.17. The Kier molecular flexibility index (Phi) is 9.39. The molecule has 0 unspecified atom stereocenters. The summed E-state index contributed by atoms with van der Waals surface area (Å²) in [6.45, 7) is 2.74. The summed E-state index contributed by atoms with van der Waals surface area (Å²) in [6.07, 6.45) is 2.26. The van der Waals surface area contributed by atoms with Gasteiger partial charge in [0.15, 0.2) is 23.0 Å². The van der Waals surface area contributed by atoms with Crippen molar-refractivity contribution in [2.45, 2.75) is 19.8 Å². The zero-order valence-corrected chi connectivity index (χ0v) is 21.4. The molecule has 0 spiro atoms. The van der Waals surface area contributed by atoms with Crippen molar-refractivity contribution >= 4 is 46.3 Å². The zero-order chi connectivity index (χ0) is 25.4. The molecule has 1 heterocycles. The van der Waals surface area contributed by atoms with Crippen LogP contribution in [0.4, 0.5) is 0 Å². The van der Waals surface area contributed by atoms with Crippen LogP contribution in [0.2, 0.25) is 0 Å². The van der Waals surface area contributed by atoms with Crippen LogP contribution in [-0.2, 0) is 16.0 Å². The minimum absolute atomic E-state index is 0.0352. The van der Waals surface area contributed by atoms with Crippen LogP contribution in [0.1, 0.15) is 24.5 Å². The molecule has 0 aliphatic carbocycles. The van der Waals surface area contributed by atoms with Crippen molar-refractivity contribution in [1.29, 1.82) is 0 Å². The third-order valence-electron chi connectivity index (χ3n) is 5.08. The Labute approximate surface area is 213 Å². The molecule has 3 rings (SSSR count). The first-order chi connectivity index (χ1) is 16.9. The number of amides is 1. The fourth-order valence-corrected chi connectivity index (χ4v) is 4.68. The minimum Gasteiger partial charge on any atom is -0.493 e. The smallest absolute Gasteiger partial charge is 0.306 e. The first-order valence-corrected chi connectivity index (χ1v) is 12.2. The summed E-state index contributed by atoms with van der Waals surface area (Å²) in [5.41, 5.74) is 1.75. The number of carbonyl (C=O) groups is 2. The van der Waals surface area contributed by atoms with E-state index in [0.29, 0.717) is 51.8 Å². The van der Waals surface area contributed by atoms with Crippen LogP contribution in [0.5, 0.6) is 23.0 Å². The van der Waals surface area contributed by atoms with Gasteiger partial charge in [-0.15, -0.1) is 0 Å². The van der Waals surface area contributed by atoms with E-state index >= 15 is 0 Å². The van der Waals surface area contributed by atoms with Crippen molar-refractivity contribution in [3.63, 3.8) is 0 Å². The summed E-state index contributed by atoms with van der Waals surface area (Å²) in [6, 6.07) is 10.9. The average Bonchev–Trinajstić information content (AvgIpc) is 3.10. The highest BCUT2D eigenvalue weighted by Crippen LogP contribution is 2.35. The molecule has 0 bridgehead atoms. The van der Waals surface area contributed by atoms with E-state index in [0.717, 1.165) is 11.1 Å². The second kappa shape index (κ2) is 12.5. The number of rotatable bonds is 12. The van der Waals surface area contributed by atoms with Gasteiger partial charge < -0.3 is 24.1 Å². The Morgan fingerprint density at radius 1 is 1.06 bits per heavy atom. The SMILES string of the molecule is CCOc1cc(/C=C2/SC(=S)N(CCc3ccc(OC)c(OC)c3)C2=O)ccc1OCCC(=O)O. The molecule has 2 aromatic rings. The van der Waals surface area contributed by atoms with Crippen LogP contribution < -0.4 is 18.9 Å².